The van der Waals surface area contributed by atoms with Crippen LogP contribution in [0, 0.1) is 0 Å². The Morgan fingerprint density at radius 1 is 0.562 bits per heavy atom. The lowest BCUT2D eigenvalue weighted by atomic mass is 9.97. The highest BCUT2D eigenvalue weighted by Gasteiger charge is 2.15. The van der Waals surface area contributed by atoms with Crippen molar-refractivity contribution < 1.29 is 0 Å². The number of benzene rings is 4. The molecule has 152 valence electrons. The largest absolute Gasteiger partial charge is 0.224 e. The molecule has 0 spiro atoms. The molecule has 4 heteroatoms. The predicted octanol–water partition coefficient (Wildman–Crippen LogP) is 8.50. The van der Waals surface area contributed by atoms with E-state index in [2.05, 4.69) is 101 Å². The van der Waals surface area contributed by atoms with Crippen molar-refractivity contribution in [1.29, 1.82) is 0 Å². The minimum atomic E-state index is 0.274. The second-order valence-electron chi connectivity index (χ2n) is 7.65. The molecule has 0 aliphatic rings. The van der Waals surface area contributed by atoms with Crippen LogP contribution in [0.4, 0.5) is 0 Å². The second kappa shape index (κ2) is 7.86. The molecule has 0 amide bonds. The van der Waals surface area contributed by atoms with Crippen LogP contribution in [0.2, 0.25) is 5.28 Å². The maximum absolute atomic E-state index is 6.33. The molecule has 2 heterocycles. The molecule has 0 N–H and O–H groups in total. The molecule has 0 aliphatic heterocycles. The zero-order chi connectivity index (χ0) is 21.5. The standard InChI is InChI=1S/C28H17ClN2S/c29-28-30-26(25-23-14-4-5-15-24(23)32-27(25)31-28)22-13-7-12-21(17-22)20-11-6-10-19(16-20)18-8-2-1-3-9-18/h1-17H. The van der Waals surface area contributed by atoms with Gasteiger partial charge in [0.1, 0.15) is 4.83 Å². The zero-order valence-electron chi connectivity index (χ0n) is 17.0. The van der Waals surface area contributed by atoms with Gasteiger partial charge in [-0.15, -0.1) is 11.3 Å². The highest BCUT2D eigenvalue weighted by atomic mass is 35.5. The molecule has 0 aliphatic carbocycles. The van der Waals surface area contributed by atoms with E-state index in [-0.39, 0.29) is 5.28 Å². The molecule has 2 aromatic heterocycles. The predicted molar refractivity (Wildman–Crippen MR) is 136 cm³/mol. The SMILES string of the molecule is Clc1nc(-c2cccc(-c3cccc(-c4ccccc4)c3)c2)c2c(n1)sc1ccccc12. The third-order valence-electron chi connectivity index (χ3n) is 5.65. The third kappa shape index (κ3) is 3.36. The van der Waals surface area contributed by atoms with Gasteiger partial charge in [0.2, 0.25) is 5.28 Å². The summed E-state index contributed by atoms with van der Waals surface area (Å²) in [6.07, 6.45) is 0. The first-order valence-corrected chi connectivity index (χ1v) is 11.6. The van der Waals surface area contributed by atoms with Gasteiger partial charge in [0, 0.05) is 21.0 Å². The molecular formula is C28H17ClN2S. The Balaban J connectivity index is 1.52. The molecule has 6 aromatic rings. The van der Waals surface area contributed by atoms with E-state index < -0.39 is 0 Å². The Kier molecular flexibility index (Phi) is 4.71. The van der Waals surface area contributed by atoms with E-state index in [1.165, 1.54) is 21.4 Å². The van der Waals surface area contributed by atoms with Crippen molar-refractivity contribution in [1.82, 2.24) is 9.97 Å². The molecule has 0 radical (unpaired) electrons. The second-order valence-corrected chi connectivity index (χ2v) is 9.02. The molecule has 0 fully saturated rings. The van der Waals surface area contributed by atoms with Crippen molar-refractivity contribution in [3.8, 4) is 33.5 Å². The van der Waals surface area contributed by atoms with Crippen molar-refractivity contribution in [3.05, 3.63) is 108 Å². The van der Waals surface area contributed by atoms with Crippen LogP contribution in [0.5, 0.6) is 0 Å². The Morgan fingerprint density at radius 2 is 1.16 bits per heavy atom. The summed E-state index contributed by atoms with van der Waals surface area (Å²) in [5, 5.41) is 2.50. The van der Waals surface area contributed by atoms with Crippen molar-refractivity contribution >= 4 is 43.2 Å². The maximum Gasteiger partial charge on any atom is 0.224 e. The first-order chi connectivity index (χ1) is 15.8. The van der Waals surface area contributed by atoms with Crippen molar-refractivity contribution in [2.45, 2.75) is 0 Å². The summed E-state index contributed by atoms with van der Waals surface area (Å²) in [4.78, 5) is 10.1. The van der Waals surface area contributed by atoms with E-state index in [0.29, 0.717) is 0 Å². The molecule has 0 unspecified atom stereocenters. The van der Waals surface area contributed by atoms with Gasteiger partial charge in [-0.2, -0.15) is 0 Å². The fourth-order valence-electron chi connectivity index (χ4n) is 4.16. The molecule has 0 saturated carbocycles. The first kappa shape index (κ1) is 19.2. The van der Waals surface area contributed by atoms with Crippen LogP contribution in [0.3, 0.4) is 0 Å². The van der Waals surface area contributed by atoms with E-state index in [1.807, 2.05) is 12.1 Å². The fraction of sp³-hybridized carbons (Fsp3) is 0. The normalized spacial score (nSPS) is 11.3. The summed E-state index contributed by atoms with van der Waals surface area (Å²) in [6, 6.07) is 35.9. The lowest BCUT2D eigenvalue weighted by Gasteiger charge is -2.09. The summed E-state index contributed by atoms with van der Waals surface area (Å²) < 4.78 is 1.19. The van der Waals surface area contributed by atoms with Gasteiger partial charge < -0.3 is 0 Å². The van der Waals surface area contributed by atoms with Gasteiger partial charge in [-0.05, 0) is 52.1 Å². The Morgan fingerprint density at radius 3 is 1.94 bits per heavy atom. The quantitative estimate of drug-likeness (QED) is 0.253. The van der Waals surface area contributed by atoms with E-state index in [4.69, 9.17) is 11.6 Å². The molecule has 0 atom stereocenters. The number of nitrogens with zero attached hydrogens (tertiary/aromatic N) is 2. The van der Waals surface area contributed by atoms with E-state index >= 15 is 0 Å². The monoisotopic (exact) mass is 448 g/mol. The molecule has 32 heavy (non-hydrogen) atoms. The number of thiophene rings is 1. The number of rotatable bonds is 3. The van der Waals surface area contributed by atoms with Crippen LogP contribution in [-0.2, 0) is 0 Å². The maximum atomic E-state index is 6.33. The number of hydrogen-bond donors (Lipinski definition) is 0. The first-order valence-electron chi connectivity index (χ1n) is 10.4. The summed E-state index contributed by atoms with van der Waals surface area (Å²) in [7, 11) is 0. The Labute approximate surface area is 194 Å². The minimum absolute atomic E-state index is 0.274. The van der Waals surface area contributed by atoms with Gasteiger partial charge in [0.25, 0.3) is 0 Å². The smallest absolute Gasteiger partial charge is 0.217 e. The van der Waals surface area contributed by atoms with Gasteiger partial charge in [-0.3, -0.25) is 0 Å². The van der Waals surface area contributed by atoms with Crippen LogP contribution in [0.1, 0.15) is 0 Å². The third-order valence-corrected chi connectivity index (χ3v) is 6.88. The average molecular weight is 449 g/mol. The zero-order valence-corrected chi connectivity index (χ0v) is 18.6. The van der Waals surface area contributed by atoms with Crippen LogP contribution < -0.4 is 0 Å². The van der Waals surface area contributed by atoms with Crippen molar-refractivity contribution in [2.75, 3.05) is 0 Å². The summed E-state index contributed by atoms with van der Waals surface area (Å²) in [5.74, 6) is 0. The minimum Gasteiger partial charge on any atom is -0.217 e. The van der Waals surface area contributed by atoms with Crippen LogP contribution in [0.25, 0.3) is 53.8 Å². The molecular weight excluding hydrogens is 432 g/mol. The van der Waals surface area contributed by atoms with Crippen molar-refractivity contribution in [2.24, 2.45) is 0 Å². The van der Waals surface area contributed by atoms with Crippen LogP contribution in [0.15, 0.2) is 103 Å². The summed E-state index contributed by atoms with van der Waals surface area (Å²) in [5.41, 5.74) is 6.62. The van der Waals surface area contributed by atoms with Gasteiger partial charge in [0.15, 0.2) is 0 Å². The van der Waals surface area contributed by atoms with Gasteiger partial charge >= 0.3 is 0 Å². The molecule has 2 nitrogen and oxygen atoms in total. The topological polar surface area (TPSA) is 25.8 Å². The highest BCUT2D eigenvalue weighted by molar-refractivity contribution is 7.25. The number of hydrogen-bond acceptors (Lipinski definition) is 3. The van der Waals surface area contributed by atoms with E-state index in [1.54, 1.807) is 11.3 Å². The molecule has 0 saturated heterocycles. The molecule has 6 rings (SSSR count). The lowest BCUT2D eigenvalue weighted by Crippen LogP contribution is -1.90. The van der Waals surface area contributed by atoms with Gasteiger partial charge in [-0.25, -0.2) is 9.97 Å². The lowest BCUT2D eigenvalue weighted by molar-refractivity contribution is 1.24. The number of aromatic nitrogens is 2. The Bertz CT molecular complexity index is 1590. The summed E-state index contributed by atoms with van der Waals surface area (Å²) in [6.45, 7) is 0. The van der Waals surface area contributed by atoms with Gasteiger partial charge in [0.05, 0.1) is 5.69 Å². The highest BCUT2D eigenvalue weighted by Crippen LogP contribution is 2.39. The molecule has 4 aromatic carbocycles. The number of fused-ring (bicyclic) bond motifs is 3. The Hall–Kier alpha value is -3.53. The van der Waals surface area contributed by atoms with Crippen molar-refractivity contribution in [3.63, 3.8) is 0 Å². The summed E-state index contributed by atoms with van der Waals surface area (Å²) >= 11 is 7.98. The van der Waals surface area contributed by atoms with E-state index in [0.717, 1.165) is 32.4 Å². The van der Waals surface area contributed by atoms with Crippen LogP contribution in [-0.4, -0.2) is 9.97 Å². The fourth-order valence-corrected chi connectivity index (χ4v) is 5.46. The van der Waals surface area contributed by atoms with Crippen LogP contribution >= 0.6 is 22.9 Å². The average Bonchev–Trinajstić information content (AvgIpc) is 3.22. The van der Waals surface area contributed by atoms with Gasteiger partial charge in [-0.1, -0.05) is 84.9 Å². The number of halogens is 1. The molecule has 0 bridgehead atoms. The van der Waals surface area contributed by atoms with E-state index in [9.17, 15) is 0 Å².